The standard InChI is InChI=1S/C10H8Cl.C5H5.C2H6Si.2ClH.Zr/c1-7-5-8-3-2-4-10(11)9(8)6-7;1-2-4-5-3-1;1-3-2;;;/h2-6H,1H3;1-5H;1-2H3;2*1H;/q2*-1;;;;+2/p-2. The normalized spacial score (nSPS) is 8.45. The van der Waals surface area contributed by atoms with Crippen LogP contribution >= 0.6 is 11.6 Å². The molecule has 0 aromatic heterocycles. The molecule has 0 aliphatic carbocycles. The van der Waals surface area contributed by atoms with E-state index in [4.69, 9.17) is 11.6 Å². The number of halogens is 3. The molecular formula is C17H19Cl3SiZr-2. The minimum atomic E-state index is 0. The molecule has 0 saturated carbocycles. The molecule has 0 heterocycles. The molecule has 0 amide bonds. The van der Waals surface area contributed by atoms with Gasteiger partial charge in [-0.1, -0.05) is 24.6 Å². The number of rotatable bonds is 0. The molecule has 0 unspecified atom stereocenters. The maximum absolute atomic E-state index is 5.97. The monoisotopic (exact) mass is 446 g/mol. The fourth-order valence-electron chi connectivity index (χ4n) is 1.67. The molecule has 0 spiro atoms. The number of benzene rings is 1. The van der Waals surface area contributed by atoms with Crippen molar-refractivity contribution >= 4 is 27.8 Å². The summed E-state index contributed by atoms with van der Waals surface area (Å²) in [5, 5.41) is 3.23. The van der Waals surface area contributed by atoms with Crippen LogP contribution in [0.1, 0.15) is 5.56 Å². The maximum atomic E-state index is 5.97. The Kier molecular flexibility index (Phi) is 15.1. The van der Waals surface area contributed by atoms with Crippen LogP contribution in [0.5, 0.6) is 0 Å². The predicted octanol–water partition coefficient (Wildman–Crippen LogP) is -0.282. The van der Waals surface area contributed by atoms with E-state index in [1.54, 1.807) is 23.3 Å². The molecule has 118 valence electrons. The van der Waals surface area contributed by atoms with E-state index in [-0.39, 0.29) is 30.2 Å². The first-order chi connectivity index (χ1) is 9.50. The first-order valence-electron chi connectivity index (χ1n) is 6.50. The Morgan fingerprint density at radius 2 is 1.59 bits per heavy atom. The molecule has 22 heavy (non-hydrogen) atoms. The molecule has 0 fully saturated rings. The second-order valence-electron chi connectivity index (χ2n) is 4.74. The van der Waals surface area contributed by atoms with Crippen molar-refractivity contribution in [2.75, 3.05) is 0 Å². The van der Waals surface area contributed by atoms with Crippen molar-refractivity contribution in [1.82, 2.24) is 0 Å². The molecule has 0 bridgehead atoms. The van der Waals surface area contributed by atoms with Crippen molar-refractivity contribution in [3.05, 3.63) is 71.2 Å². The first-order valence-corrected chi connectivity index (χ1v) is 13.1. The molecule has 0 N–H and O–H groups in total. The first kappa shape index (κ1) is 24.4. The number of hydrogen-bond acceptors (Lipinski definition) is 0. The Balaban J connectivity index is 0. The number of aryl methyl sites for hydroxylation is 1. The zero-order chi connectivity index (χ0) is 15.0. The summed E-state index contributed by atoms with van der Waals surface area (Å²) in [6.45, 7) is 6.70. The van der Waals surface area contributed by atoms with Crippen LogP contribution in [0.15, 0.2) is 60.7 Å². The largest absolute Gasteiger partial charge is 1.00 e. The summed E-state index contributed by atoms with van der Waals surface area (Å²) in [5.41, 5.74) is 1.48. The van der Waals surface area contributed by atoms with Gasteiger partial charge in [0.25, 0.3) is 0 Å². The molecule has 3 aromatic rings. The number of hydrogen-bond donors (Lipinski definition) is 0. The van der Waals surface area contributed by atoms with Gasteiger partial charge in [-0.05, 0) is 5.02 Å². The molecule has 0 radical (unpaired) electrons. The Bertz CT molecular complexity index is 624. The Morgan fingerprint density at radius 3 is 2.00 bits per heavy atom. The van der Waals surface area contributed by atoms with Gasteiger partial charge in [0.2, 0.25) is 0 Å². The van der Waals surface area contributed by atoms with Crippen LogP contribution in [-0.4, -0.2) is 5.43 Å². The summed E-state index contributed by atoms with van der Waals surface area (Å²) in [4.78, 5) is 0. The minimum Gasteiger partial charge on any atom is -1.00 e. The van der Waals surface area contributed by atoms with Crippen molar-refractivity contribution in [3.8, 4) is 0 Å². The van der Waals surface area contributed by atoms with Crippen molar-refractivity contribution in [3.63, 3.8) is 0 Å². The van der Waals surface area contributed by atoms with Gasteiger partial charge in [-0.15, -0.1) is 34.5 Å². The Labute approximate surface area is 166 Å². The van der Waals surface area contributed by atoms with Crippen LogP contribution in [0.25, 0.3) is 10.8 Å². The van der Waals surface area contributed by atoms with Crippen LogP contribution in [0.2, 0.25) is 18.1 Å². The fraction of sp³-hybridized carbons (Fsp3) is 0.176. The van der Waals surface area contributed by atoms with Gasteiger partial charge in [0.05, 0.1) is 0 Å². The van der Waals surface area contributed by atoms with Gasteiger partial charge in [-0.25, -0.2) is 12.1 Å². The van der Waals surface area contributed by atoms with E-state index in [1.807, 2.05) is 42.5 Å². The third-order valence-corrected chi connectivity index (χ3v) is 2.73. The van der Waals surface area contributed by atoms with E-state index in [2.05, 4.69) is 38.2 Å². The second kappa shape index (κ2) is 13.6. The Hall–Kier alpha value is 0.150. The quantitative estimate of drug-likeness (QED) is 0.328. The summed E-state index contributed by atoms with van der Waals surface area (Å²) in [6, 6.07) is 20.2. The van der Waals surface area contributed by atoms with Gasteiger partial charge >= 0.3 is 41.9 Å². The van der Waals surface area contributed by atoms with E-state index in [9.17, 15) is 0 Å². The molecule has 3 aromatic carbocycles. The van der Waals surface area contributed by atoms with Crippen molar-refractivity contribution in [2.45, 2.75) is 20.0 Å². The molecule has 0 nitrogen and oxygen atoms in total. The van der Waals surface area contributed by atoms with Gasteiger partial charge in [-0.2, -0.15) is 24.3 Å². The summed E-state index contributed by atoms with van der Waals surface area (Å²) >= 11 is 7.71. The zero-order valence-electron chi connectivity index (χ0n) is 12.9. The molecule has 0 aliphatic heterocycles. The Morgan fingerprint density at radius 1 is 1.05 bits per heavy atom. The third-order valence-electron chi connectivity index (χ3n) is 2.40. The molecule has 5 heteroatoms. The summed E-state index contributed by atoms with van der Waals surface area (Å²) < 4.78 is 0. The van der Waals surface area contributed by atoms with Crippen LogP contribution in [0.3, 0.4) is 0 Å². The molecule has 0 saturated heterocycles. The van der Waals surface area contributed by atoms with Gasteiger partial charge in [0.1, 0.15) is 0 Å². The summed E-state index contributed by atoms with van der Waals surface area (Å²) in [5.74, 6) is 0. The van der Waals surface area contributed by atoms with Crippen molar-refractivity contribution in [1.29, 1.82) is 0 Å². The smallest absolute Gasteiger partial charge is 0.00300 e. The zero-order valence-corrected chi connectivity index (χ0v) is 18.6. The van der Waals surface area contributed by atoms with E-state index in [1.165, 1.54) is 10.9 Å². The average Bonchev–Trinajstić information content (AvgIpc) is 2.99. The van der Waals surface area contributed by atoms with E-state index in [0.717, 1.165) is 10.4 Å². The molecule has 3 rings (SSSR count). The van der Waals surface area contributed by atoms with Gasteiger partial charge in [0.15, 0.2) is 0 Å². The van der Waals surface area contributed by atoms with Crippen molar-refractivity contribution in [2.24, 2.45) is 0 Å². The van der Waals surface area contributed by atoms with Gasteiger partial charge in [0, 0.05) is 0 Å². The molecule has 0 aliphatic rings. The maximum Gasteiger partial charge on any atom is -0.00300 e. The average molecular weight is 449 g/mol. The van der Waals surface area contributed by atoms with Crippen molar-refractivity contribution < 1.29 is 48.1 Å². The van der Waals surface area contributed by atoms with Crippen LogP contribution < -0.4 is 24.8 Å². The van der Waals surface area contributed by atoms with Gasteiger partial charge in [-0.3, -0.25) is 0 Å². The third kappa shape index (κ3) is 10.0. The number of fused-ring (bicyclic) bond motifs is 1. The van der Waals surface area contributed by atoms with Crippen LogP contribution in [-0.2, 0) is 23.3 Å². The summed E-state index contributed by atoms with van der Waals surface area (Å²) in [7, 11) is 0. The van der Waals surface area contributed by atoms with E-state index >= 15 is 0 Å². The van der Waals surface area contributed by atoms with E-state index < -0.39 is 0 Å². The van der Waals surface area contributed by atoms with Crippen LogP contribution in [0.4, 0.5) is 0 Å². The summed E-state index contributed by atoms with van der Waals surface area (Å²) in [6.07, 6.45) is 0. The fourth-order valence-corrected chi connectivity index (χ4v) is 1.90. The predicted molar refractivity (Wildman–Crippen MR) is 88.8 cm³/mol. The minimum absolute atomic E-state index is 0. The molecular weight excluding hydrogens is 430 g/mol. The molecule has 0 atom stereocenters. The second-order valence-corrected chi connectivity index (χ2v) is 14.5. The van der Waals surface area contributed by atoms with E-state index in [0.29, 0.717) is 0 Å². The SMILES string of the molecule is C[Si](C)=[Zr+2].Cc1cc2c(Cl)cccc2[cH-]1.[Cl-].[Cl-].c1cc[cH-]c1. The topological polar surface area (TPSA) is 0 Å². The van der Waals surface area contributed by atoms with Gasteiger partial charge < -0.3 is 24.8 Å². The van der Waals surface area contributed by atoms with Crippen LogP contribution in [0, 0.1) is 6.92 Å².